The average Bonchev–Trinajstić information content (AvgIpc) is 3.39. The quantitative estimate of drug-likeness (QED) is 0.483. The Labute approximate surface area is 166 Å². The second-order valence-corrected chi connectivity index (χ2v) is 7.19. The molecule has 4 aromatic rings. The van der Waals surface area contributed by atoms with Gasteiger partial charge in [-0.2, -0.15) is 5.10 Å². The van der Waals surface area contributed by atoms with Gasteiger partial charge in [-0.15, -0.1) is 11.8 Å². The van der Waals surface area contributed by atoms with Gasteiger partial charge in [-0.3, -0.25) is 4.79 Å². The van der Waals surface area contributed by atoms with Crippen molar-refractivity contribution in [1.29, 1.82) is 0 Å². The molecule has 1 amide bonds. The first-order chi connectivity index (χ1) is 13.7. The van der Waals surface area contributed by atoms with E-state index in [0.717, 1.165) is 27.7 Å². The Bertz CT molecular complexity index is 1070. The molecule has 0 radical (unpaired) electrons. The van der Waals surface area contributed by atoms with E-state index in [1.165, 1.54) is 0 Å². The molecule has 0 aliphatic carbocycles. The molecule has 2 aromatic carbocycles. The van der Waals surface area contributed by atoms with E-state index in [1.54, 1.807) is 22.6 Å². The number of benzene rings is 2. The number of rotatable bonds is 6. The molecule has 0 saturated carbocycles. The highest BCUT2D eigenvalue weighted by molar-refractivity contribution is 7.98. The van der Waals surface area contributed by atoms with E-state index < -0.39 is 0 Å². The summed E-state index contributed by atoms with van der Waals surface area (Å²) in [5.74, 6) is 1.25. The smallest absolute Gasteiger partial charge is 0.256 e. The fraction of sp³-hybridized carbons (Fsp3) is 0.0952. The maximum Gasteiger partial charge on any atom is 0.256 e. The number of amides is 1. The summed E-state index contributed by atoms with van der Waals surface area (Å²) >= 11 is 1.55. The number of aromatic nitrogens is 3. The average molecular weight is 390 g/mol. The Kier molecular flexibility index (Phi) is 5.25. The van der Waals surface area contributed by atoms with Crippen molar-refractivity contribution in [1.82, 2.24) is 14.9 Å². The Hall–Kier alpha value is -3.32. The summed E-state index contributed by atoms with van der Waals surface area (Å²) in [5, 5.41) is 11.0. The first kappa shape index (κ1) is 18.1. The van der Waals surface area contributed by atoms with Gasteiger partial charge in [0.2, 0.25) is 0 Å². The van der Waals surface area contributed by atoms with Crippen LogP contribution in [-0.2, 0) is 5.75 Å². The van der Waals surface area contributed by atoms with E-state index in [1.807, 2.05) is 73.8 Å². The summed E-state index contributed by atoms with van der Waals surface area (Å²) in [4.78, 5) is 13.7. The molecule has 4 rings (SSSR count). The summed E-state index contributed by atoms with van der Waals surface area (Å²) < 4.78 is 7.01. The normalized spacial score (nSPS) is 10.8. The first-order valence-electron chi connectivity index (χ1n) is 8.74. The van der Waals surface area contributed by atoms with Crippen molar-refractivity contribution in [2.24, 2.45) is 0 Å². The van der Waals surface area contributed by atoms with Crippen molar-refractivity contribution in [3.63, 3.8) is 0 Å². The van der Waals surface area contributed by atoms with Crippen molar-refractivity contribution in [3.05, 3.63) is 90.1 Å². The van der Waals surface area contributed by atoms with Gasteiger partial charge < -0.3 is 9.84 Å². The molecule has 140 valence electrons. The molecule has 0 unspecified atom stereocenters. The molecule has 28 heavy (non-hydrogen) atoms. The second kappa shape index (κ2) is 8.14. The summed E-state index contributed by atoms with van der Waals surface area (Å²) in [7, 11) is 0. The fourth-order valence-corrected chi connectivity index (χ4v) is 3.66. The van der Waals surface area contributed by atoms with Gasteiger partial charge in [0.25, 0.3) is 5.91 Å². The molecule has 0 aliphatic heterocycles. The summed E-state index contributed by atoms with van der Waals surface area (Å²) in [6, 6.07) is 18.9. The van der Waals surface area contributed by atoms with Gasteiger partial charge in [0.05, 0.1) is 22.7 Å². The van der Waals surface area contributed by atoms with Crippen LogP contribution in [0.5, 0.6) is 0 Å². The highest BCUT2D eigenvalue weighted by atomic mass is 32.2. The zero-order chi connectivity index (χ0) is 19.3. The van der Waals surface area contributed by atoms with Crippen LogP contribution in [0.15, 0.2) is 82.5 Å². The summed E-state index contributed by atoms with van der Waals surface area (Å²) in [6.07, 6.45) is 3.60. The van der Waals surface area contributed by atoms with Gasteiger partial charge in [0.15, 0.2) is 0 Å². The van der Waals surface area contributed by atoms with Gasteiger partial charge in [-0.1, -0.05) is 17.3 Å². The predicted molar refractivity (Wildman–Crippen MR) is 109 cm³/mol. The van der Waals surface area contributed by atoms with Crippen molar-refractivity contribution in [2.75, 3.05) is 5.32 Å². The van der Waals surface area contributed by atoms with E-state index in [4.69, 9.17) is 4.52 Å². The lowest BCUT2D eigenvalue weighted by atomic mass is 10.2. The van der Waals surface area contributed by atoms with Crippen LogP contribution >= 0.6 is 11.8 Å². The van der Waals surface area contributed by atoms with Gasteiger partial charge in [0, 0.05) is 29.0 Å². The summed E-state index contributed by atoms with van der Waals surface area (Å²) in [5.41, 5.74) is 3.13. The molecule has 2 aromatic heterocycles. The molecule has 0 atom stereocenters. The largest absolute Gasteiger partial charge is 0.360 e. The van der Waals surface area contributed by atoms with E-state index in [0.29, 0.717) is 11.3 Å². The van der Waals surface area contributed by atoms with Gasteiger partial charge in [-0.05, 0) is 49.4 Å². The molecule has 0 aliphatic rings. The molecule has 2 heterocycles. The predicted octanol–water partition coefficient (Wildman–Crippen LogP) is 4.71. The third-order valence-electron chi connectivity index (χ3n) is 4.07. The highest BCUT2D eigenvalue weighted by Crippen LogP contribution is 2.27. The Balaban J connectivity index is 1.46. The third-order valence-corrected chi connectivity index (χ3v) is 5.17. The van der Waals surface area contributed by atoms with Crippen molar-refractivity contribution in [2.45, 2.75) is 17.6 Å². The van der Waals surface area contributed by atoms with Gasteiger partial charge in [0.1, 0.15) is 5.76 Å². The maximum absolute atomic E-state index is 12.8. The molecule has 1 N–H and O–H groups in total. The van der Waals surface area contributed by atoms with Crippen LogP contribution in [-0.4, -0.2) is 20.8 Å². The molecular formula is C21H18N4O2S. The van der Waals surface area contributed by atoms with Crippen LogP contribution in [0.4, 0.5) is 5.69 Å². The lowest BCUT2D eigenvalue weighted by Crippen LogP contribution is -2.13. The Morgan fingerprint density at radius 2 is 1.96 bits per heavy atom. The monoisotopic (exact) mass is 390 g/mol. The van der Waals surface area contributed by atoms with Crippen LogP contribution in [0.25, 0.3) is 5.69 Å². The second-order valence-electron chi connectivity index (χ2n) is 6.17. The van der Waals surface area contributed by atoms with Crippen LogP contribution in [0.1, 0.15) is 21.8 Å². The molecule has 6 nitrogen and oxygen atoms in total. The number of aryl methyl sites for hydroxylation is 1. The molecule has 0 fully saturated rings. The van der Waals surface area contributed by atoms with E-state index in [2.05, 4.69) is 15.6 Å². The number of hydrogen-bond donors (Lipinski definition) is 1. The molecule has 0 saturated heterocycles. The number of carbonyl (C=O) groups excluding carboxylic acids is 1. The maximum atomic E-state index is 12.8. The minimum atomic E-state index is -0.149. The van der Waals surface area contributed by atoms with Crippen LogP contribution < -0.4 is 5.32 Å². The topological polar surface area (TPSA) is 73.0 Å². The van der Waals surface area contributed by atoms with Crippen LogP contribution in [0, 0.1) is 6.92 Å². The van der Waals surface area contributed by atoms with Crippen molar-refractivity contribution < 1.29 is 9.32 Å². The minimum absolute atomic E-state index is 0.149. The standard InChI is InChI=1S/C21H18N4O2S/c1-15-13-18(27-24-15)14-28-20-6-3-2-5-19(20)21(26)23-16-7-9-17(10-8-16)25-12-4-11-22-25/h2-13H,14H2,1H3,(H,23,26). The van der Waals surface area contributed by atoms with Crippen molar-refractivity contribution in [3.8, 4) is 5.69 Å². The number of hydrogen-bond acceptors (Lipinski definition) is 5. The van der Waals surface area contributed by atoms with E-state index in [9.17, 15) is 4.79 Å². The summed E-state index contributed by atoms with van der Waals surface area (Å²) in [6.45, 7) is 1.89. The van der Waals surface area contributed by atoms with Crippen LogP contribution in [0.3, 0.4) is 0 Å². The zero-order valence-corrected chi connectivity index (χ0v) is 16.0. The third kappa shape index (κ3) is 4.15. The van der Waals surface area contributed by atoms with Gasteiger partial charge in [-0.25, -0.2) is 4.68 Å². The molecule has 7 heteroatoms. The Morgan fingerprint density at radius 1 is 1.14 bits per heavy atom. The Morgan fingerprint density at radius 3 is 2.68 bits per heavy atom. The first-order valence-corrected chi connectivity index (χ1v) is 9.73. The lowest BCUT2D eigenvalue weighted by molar-refractivity contribution is 0.102. The minimum Gasteiger partial charge on any atom is -0.360 e. The highest BCUT2D eigenvalue weighted by Gasteiger charge is 2.13. The fourth-order valence-electron chi connectivity index (χ4n) is 2.73. The molecule has 0 bridgehead atoms. The van der Waals surface area contributed by atoms with Gasteiger partial charge >= 0.3 is 0 Å². The number of carbonyl (C=O) groups is 1. The number of anilines is 1. The SMILES string of the molecule is Cc1cc(CSc2ccccc2C(=O)Nc2ccc(-n3cccn3)cc2)on1. The van der Waals surface area contributed by atoms with Crippen molar-refractivity contribution >= 4 is 23.4 Å². The molecular weight excluding hydrogens is 372 g/mol. The lowest BCUT2D eigenvalue weighted by Gasteiger charge is -2.10. The number of nitrogens with zero attached hydrogens (tertiary/aromatic N) is 3. The van der Waals surface area contributed by atoms with E-state index in [-0.39, 0.29) is 5.91 Å². The number of thioether (sulfide) groups is 1. The zero-order valence-electron chi connectivity index (χ0n) is 15.2. The molecule has 0 spiro atoms. The van der Waals surface area contributed by atoms with E-state index >= 15 is 0 Å². The van der Waals surface area contributed by atoms with Crippen LogP contribution in [0.2, 0.25) is 0 Å². The number of nitrogens with one attached hydrogen (secondary N) is 1.